The van der Waals surface area contributed by atoms with Crippen LogP contribution in [0.1, 0.15) is 32.1 Å². The molecule has 1 amide bonds. The Kier molecular flexibility index (Phi) is 4.17. The molecule has 128 valence electrons. The van der Waals surface area contributed by atoms with Gasteiger partial charge in [-0.25, -0.2) is 0 Å². The lowest BCUT2D eigenvalue weighted by atomic mass is 9.71. The molecule has 1 aromatic heterocycles. The monoisotopic (exact) mass is 390 g/mol. The molecule has 2 unspecified atom stereocenters. The molecule has 1 saturated carbocycles. The van der Waals surface area contributed by atoms with Crippen LogP contribution < -0.4 is 0 Å². The van der Waals surface area contributed by atoms with Gasteiger partial charge in [-0.3, -0.25) is 4.79 Å². The molecule has 2 fully saturated rings. The standard InChI is InChI=1S/C19H23BrN2O2/c20-16-5-4-14-6-9-21(17(14)11-16)13-18(23)22-10-8-19(24)7-2-1-3-15(19)12-22/h4-6,9,11,15,24H,1-3,7-8,10,12-13H2. The van der Waals surface area contributed by atoms with Gasteiger partial charge in [0.2, 0.25) is 5.91 Å². The van der Waals surface area contributed by atoms with Crippen molar-refractivity contribution in [1.29, 1.82) is 0 Å². The molecule has 1 N–H and O–H groups in total. The van der Waals surface area contributed by atoms with Crippen LogP contribution in [0, 0.1) is 5.92 Å². The smallest absolute Gasteiger partial charge is 0.242 e. The molecule has 2 aliphatic rings. The quantitative estimate of drug-likeness (QED) is 0.851. The number of rotatable bonds is 2. The molecule has 1 saturated heterocycles. The molecule has 5 heteroatoms. The summed E-state index contributed by atoms with van der Waals surface area (Å²) in [5.74, 6) is 0.402. The van der Waals surface area contributed by atoms with Crippen LogP contribution in [0.15, 0.2) is 34.9 Å². The highest BCUT2D eigenvalue weighted by Crippen LogP contribution is 2.39. The second-order valence-electron chi connectivity index (χ2n) is 7.28. The number of hydrogen-bond donors (Lipinski definition) is 1. The number of halogens is 1. The van der Waals surface area contributed by atoms with Crippen LogP contribution in [-0.2, 0) is 11.3 Å². The minimum atomic E-state index is -0.528. The molecule has 2 aromatic rings. The predicted molar refractivity (Wildman–Crippen MR) is 97.7 cm³/mol. The third kappa shape index (κ3) is 2.88. The highest BCUT2D eigenvalue weighted by Gasteiger charge is 2.43. The summed E-state index contributed by atoms with van der Waals surface area (Å²) in [5, 5.41) is 11.9. The number of amides is 1. The predicted octanol–water partition coefficient (Wildman–Crippen LogP) is 3.56. The van der Waals surface area contributed by atoms with Crippen molar-refractivity contribution in [2.45, 2.75) is 44.2 Å². The van der Waals surface area contributed by atoms with Gasteiger partial charge in [-0.15, -0.1) is 0 Å². The van der Waals surface area contributed by atoms with Crippen molar-refractivity contribution in [2.24, 2.45) is 5.92 Å². The maximum absolute atomic E-state index is 12.8. The number of carbonyl (C=O) groups is 1. The van der Waals surface area contributed by atoms with Gasteiger partial charge in [-0.1, -0.05) is 34.8 Å². The maximum Gasteiger partial charge on any atom is 0.242 e. The molecule has 0 bridgehead atoms. The van der Waals surface area contributed by atoms with Crippen molar-refractivity contribution < 1.29 is 9.90 Å². The van der Waals surface area contributed by atoms with Crippen molar-refractivity contribution in [1.82, 2.24) is 9.47 Å². The molecule has 2 heterocycles. The van der Waals surface area contributed by atoms with Crippen LogP contribution in [0.3, 0.4) is 0 Å². The normalized spacial score (nSPS) is 27.2. The fraction of sp³-hybridized carbons (Fsp3) is 0.526. The van der Waals surface area contributed by atoms with Gasteiger partial charge in [0.15, 0.2) is 0 Å². The molecule has 1 aliphatic heterocycles. The van der Waals surface area contributed by atoms with E-state index in [2.05, 4.69) is 28.1 Å². The summed E-state index contributed by atoms with van der Waals surface area (Å²) < 4.78 is 3.04. The number of likely N-dealkylation sites (tertiary alicyclic amines) is 1. The lowest BCUT2D eigenvalue weighted by Crippen LogP contribution is -2.55. The van der Waals surface area contributed by atoms with Crippen LogP contribution in [0.5, 0.6) is 0 Å². The molecular weight excluding hydrogens is 368 g/mol. The largest absolute Gasteiger partial charge is 0.389 e. The van der Waals surface area contributed by atoms with Crippen molar-refractivity contribution >= 4 is 32.7 Å². The molecule has 0 radical (unpaired) electrons. The first-order valence-electron chi connectivity index (χ1n) is 8.80. The summed E-state index contributed by atoms with van der Waals surface area (Å²) in [4.78, 5) is 14.7. The Morgan fingerprint density at radius 3 is 3.04 bits per heavy atom. The SMILES string of the molecule is O=C(Cn1ccc2ccc(Br)cc21)N1CCC2(O)CCCCC2C1. The van der Waals surface area contributed by atoms with E-state index in [0.717, 1.165) is 41.1 Å². The van der Waals surface area contributed by atoms with Gasteiger partial charge < -0.3 is 14.6 Å². The van der Waals surface area contributed by atoms with E-state index in [1.54, 1.807) is 0 Å². The molecule has 2 atom stereocenters. The number of piperidine rings is 1. The summed E-state index contributed by atoms with van der Waals surface area (Å²) in [5.41, 5.74) is 0.545. The number of carbonyl (C=O) groups excluding carboxylic acids is 1. The number of fused-ring (bicyclic) bond motifs is 2. The fourth-order valence-corrected chi connectivity index (χ4v) is 4.69. The van der Waals surface area contributed by atoms with E-state index >= 15 is 0 Å². The maximum atomic E-state index is 12.8. The topological polar surface area (TPSA) is 45.5 Å². The van der Waals surface area contributed by atoms with Crippen LogP contribution >= 0.6 is 15.9 Å². The van der Waals surface area contributed by atoms with Crippen molar-refractivity contribution in [3.8, 4) is 0 Å². The summed E-state index contributed by atoms with van der Waals surface area (Å²) in [7, 11) is 0. The number of benzene rings is 1. The van der Waals surface area contributed by atoms with E-state index in [1.165, 1.54) is 6.42 Å². The van der Waals surface area contributed by atoms with Crippen LogP contribution in [-0.4, -0.2) is 39.2 Å². The van der Waals surface area contributed by atoms with Gasteiger partial charge in [0.25, 0.3) is 0 Å². The van der Waals surface area contributed by atoms with E-state index in [-0.39, 0.29) is 11.8 Å². The Hall–Kier alpha value is -1.33. The average Bonchev–Trinajstić information content (AvgIpc) is 2.96. The molecule has 4 rings (SSSR count). The molecule has 4 nitrogen and oxygen atoms in total. The zero-order chi connectivity index (χ0) is 16.7. The van der Waals surface area contributed by atoms with Crippen LogP contribution in [0.2, 0.25) is 0 Å². The molecule has 24 heavy (non-hydrogen) atoms. The van der Waals surface area contributed by atoms with Crippen molar-refractivity contribution in [3.63, 3.8) is 0 Å². The third-order valence-electron chi connectivity index (χ3n) is 5.82. The van der Waals surface area contributed by atoms with Crippen LogP contribution in [0.4, 0.5) is 0 Å². The Balaban J connectivity index is 1.49. The number of hydrogen-bond acceptors (Lipinski definition) is 2. The first-order chi connectivity index (χ1) is 11.5. The van der Waals surface area contributed by atoms with Gasteiger partial charge in [0, 0.05) is 35.2 Å². The lowest BCUT2D eigenvalue weighted by molar-refractivity contribution is -0.143. The van der Waals surface area contributed by atoms with Gasteiger partial charge >= 0.3 is 0 Å². The van der Waals surface area contributed by atoms with E-state index < -0.39 is 5.60 Å². The first-order valence-corrected chi connectivity index (χ1v) is 9.59. The third-order valence-corrected chi connectivity index (χ3v) is 6.32. The fourth-order valence-electron chi connectivity index (χ4n) is 4.34. The zero-order valence-electron chi connectivity index (χ0n) is 13.7. The van der Waals surface area contributed by atoms with Gasteiger partial charge in [0.05, 0.1) is 5.60 Å². The molecule has 1 aromatic carbocycles. The van der Waals surface area contributed by atoms with Crippen LogP contribution in [0.25, 0.3) is 10.9 Å². The number of nitrogens with zero attached hydrogens (tertiary/aromatic N) is 2. The highest BCUT2D eigenvalue weighted by molar-refractivity contribution is 9.10. The number of aromatic nitrogens is 1. The zero-order valence-corrected chi connectivity index (χ0v) is 15.3. The average molecular weight is 391 g/mol. The summed E-state index contributed by atoms with van der Waals surface area (Å²) in [6.45, 7) is 1.75. The minimum Gasteiger partial charge on any atom is -0.389 e. The molecule has 0 spiro atoms. The Bertz CT molecular complexity index is 772. The molecule has 1 aliphatic carbocycles. The van der Waals surface area contributed by atoms with Gasteiger partial charge in [-0.05, 0) is 42.8 Å². The first kappa shape index (κ1) is 16.2. The highest BCUT2D eigenvalue weighted by atomic mass is 79.9. The summed E-state index contributed by atoms with van der Waals surface area (Å²) in [6, 6.07) is 8.18. The Morgan fingerprint density at radius 1 is 1.29 bits per heavy atom. The van der Waals surface area contributed by atoms with E-state index in [9.17, 15) is 9.90 Å². The summed E-state index contributed by atoms with van der Waals surface area (Å²) in [6.07, 6.45) is 6.93. The number of aliphatic hydroxyl groups is 1. The van der Waals surface area contributed by atoms with Crippen molar-refractivity contribution in [3.05, 3.63) is 34.9 Å². The van der Waals surface area contributed by atoms with Gasteiger partial charge in [-0.2, -0.15) is 0 Å². The van der Waals surface area contributed by atoms with Gasteiger partial charge in [0.1, 0.15) is 6.54 Å². The summed E-state index contributed by atoms with van der Waals surface area (Å²) >= 11 is 3.50. The second kappa shape index (κ2) is 6.19. The van der Waals surface area contributed by atoms with E-state index in [1.807, 2.05) is 27.8 Å². The Morgan fingerprint density at radius 2 is 2.17 bits per heavy atom. The lowest BCUT2D eigenvalue weighted by Gasteiger charge is -2.47. The molecular formula is C19H23BrN2O2. The Labute approximate surface area is 150 Å². The van der Waals surface area contributed by atoms with E-state index in [0.29, 0.717) is 19.6 Å². The van der Waals surface area contributed by atoms with Crippen molar-refractivity contribution in [2.75, 3.05) is 13.1 Å². The van der Waals surface area contributed by atoms with E-state index in [4.69, 9.17) is 0 Å². The minimum absolute atomic E-state index is 0.153. The second-order valence-corrected chi connectivity index (χ2v) is 8.20.